The number of nitrogens with one attached hydrogen (secondary N) is 2. The maximum absolute atomic E-state index is 13.8. The Balaban J connectivity index is 1.43. The van der Waals surface area contributed by atoms with Gasteiger partial charge in [-0.3, -0.25) is 9.28 Å². The number of alkyl halides is 3. The van der Waals surface area contributed by atoms with Gasteiger partial charge in [-0.05, 0) is 54.8 Å². The van der Waals surface area contributed by atoms with E-state index in [-0.39, 0.29) is 24.1 Å². The van der Waals surface area contributed by atoms with Crippen LogP contribution in [-0.2, 0) is 6.54 Å². The Kier molecular flexibility index (Phi) is 8.00. The van der Waals surface area contributed by atoms with Crippen molar-refractivity contribution in [3.63, 3.8) is 0 Å². The largest absolute Gasteiger partial charge is 0.573 e. The van der Waals surface area contributed by atoms with Crippen LogP contribution in [-0.4, -0.2) is 54.9 Å². The molecule has 2 aliphatic rings. The molecule has 0 spiro atoms. The number of nitrogens with zero attached hydrogens (tertiary/aromatic N) is 1. The lowest BCUT2D eigenvalue weighted by Crippen LogP contribution is -2.65. The Hall–Kier alpha value is -2.91. The summed E-state index contributed by atoms with van der Waals surface area (Å²) in [6, 6.07) is 12.5. The fourth-order valence-electron chi connectivity index (χ4n) is 5.60. The van der Waals surface area contributed by atoms with Gasteiger partial charge in [0.2, 0.25) is 0 Å². The molecule has 2 unspecified atom stereocenters. The van der Waals surface area contributed by atoms with Crippen LogP contribution in [0.25, 0.3) is 0 Å². The van der Waals surface area contributed by atoms with Crippen molar-refractivity contribution < 1.29 is 32.0 Å². The fourth-order valence-corrected chi connectivity index (χ4v) is 5.60. The molecular weight excluding hydrogens is 471 g/mol. The van der Waals surface area contributed by atoms with Crippen LogP contribution in [0.3, 0.4) is 0 Å². The van der Waals surface area contributed by atoms with Crippen LogP contribution in [0.1, 0.15) is 58.9 Å². The van der Waals surface area contributed by atoms with E-state index in [9.17, 15) is 22.8 Å². The molecule has 0 aliphatic carbocycles. The zero-order valence-corrected chi connectivity index (χ0v) is 20.4. The summed E-state index contributed by atoms with van der Waals surface area (Å²) in [5, 5.41) is 6.11. The van der Waals surface area contributed by atoms with Gasteiger partial charge in [0.05, 0.1) is 24.7 Å². The van der Waals surface area contributed by atoms with E-state index in [4.69, 9.17) is 0 Å². The van der Waals surface area contributed by atoms with Crippen LogP contribution in [0, 0.1) is 5.92 Å². The quantitative estimate of drug-likeness (QED) is 0.562. The first-order chi connectivity index (χ1) is 17.2. The van der Waals surface area contributed by atoms with Gasteiger partial charge in [-0.15, -0.1) is 13.2 Å². The van der Waals surface area contributed by atoms with Gasteiger partial charge in [0, 0.05) is 44.0 Å². The van der Waals surface area contributed by atoms with Crippen LogP contribution >= 0.6 is 0 Å². The lowest BCUT2D eigenvalue weighted by atomic mass is 9.90. The highest BCUT2D eigenvalue weighted by Crippen LogP contribution is 2.33. The molecule has 0 radical (unpaired) electrons. The first kappa shape index (κ1) is 26.2. The average molecular weight is 505 g/mol. The number of carbonyl (C=O) groups is 2. The number of amides is 2. The molecule has 2 saturated heterocycles. The Morgan fingerprint density at radius 1 is 1.06 bits per heavy atom. The van der Waals surface area contributed by atoms with Crippen LogP contribution in [0.5, 0.6) is 5.75 Å². The maximum Gasteiger partial charge on any atom is 0.573 e. The predicted octanol–water partition coefficient (Wildman–Crippen LogP) is 4.65. The molecule has 194 valence electrons. The molecule has 2 aromatic rings. The van der Waals surface area contributed by atoms with Gasteiger partial charge in [-0.2, -0.15) is 0 Å². The third-order valence-corrected chi connectivity index (χ3v) is 7.28. The fraction of sp³-hybridized carbons (Fsp3) is 0.481. The van der Waals surface area contributed by atoms with Crippen molar-refractivity contribution in [2.75, 3.05) is 26.2 Å². The molecule has 4 rings (SSSR count). The molecule has 2 atom stereocenters. The van der Waals surface area contributed by atoms with Gasteiger partial charge >= 0.3 is 12.3 Å². The molecule has 9 heteroatoms. The number of carbonyl (C=O) groups excluding carboxylic acids is 2. The Bertz CT molecular complexity index is 1070. The van der Waals surface area contributed by atoms with Crippen molar-refractivity contribution in [1.82, 2.24) is 10.6 Å². The van der Waals surface area contributed by atoms with Crippen LogP contribution in [0.4, 0.5) is 13.2 Å². The number of halogens is 3. The minimum Gasteiger partial charge on any atom is -0.406 e. The summed E-state index contributed by atoms with van der Waals surface area (Å²) in [6.45, 7) is 5.82. The number of hydrogen-bond donors (Lipinski definition) is 2. The van der Waals surface area contributed by atoms with Crippen molar-refractivity contribution >= 4 is 11.8 Å². The number of likely N-dealkylation sites (tertiary alicyclic amines) is 1. The Morgan fingerprint density at radius 2 is 1.75 bits per heavy atom. The van der Waals surface area contributed by atoms with Gasteiger partial charge in [-0.25, -0.2) is 4.79 Å². The van der Waals surface area contributed by atoms with Crippen LogP contribution < -0.4 is 15.4 Å². The third kappa shape index (κ3) is 6.25. The average Bonchev–Trinajstić information content (AvgIpc) is 2.86. The Morgan fingerprint density at radius 3 is 2.42 bits per heavy atom. The Labute approximate surface area is 209 Å². The predicted molar refractivity (Wildman–Crippen MR) is 129 cm³/mol. The molecule has 2 heterocycles. The summed E-state index contributed by atoms with van der Waals surface area (Å²) in [6.07, 6.45) is -0.640. The van der Waals surface area contributed by atoms with Crippen LogP contribution in [0.15, 0.2) is 48.5 Å². The van der Waals surface area contributed by atoms with E-state index in [1.54, 1.807) is 30.3 Å². The van der Waals surface area contributed by atoms with Gasteiger partial charge in [-0.1, -0.05) is 19.1 Å². The van der Waals surface area contributed by atoms with E-state index in [0.29, 0.717) is 33.1 Å². The summed E-state index contributed by atoms with van der Waals surface area (Å²) in [5.41, 5.74) is 1.47. The second kappa shape index (κ2) is 11.0. The lowest BCUT2D eigenvalue weighted by molar-refractivity contribution is -0.884. The monoisotopic (exact) mass is 504 g/mol. The van der Waals surface area contributed by atoms with E-state index in [1.807, 2.05) is 0 Å². The standard InChI is InChI=1S/C27H32F3N3O3/c1-19-4-3-15-33(18-19,23-11-13-31-14-12-23)26(35)22-9-7-21(8-10-22)25(34)32-17-20-5-2-6-24(16-20)36-27(28,29)30/h2,5-10,16,19,23,31H,3-4,11-15,17-18H2,1H3/p+1. The van der Waals surface area contributed by atoms with Gasteiger partial charge in [0.15, 0.2) is 0 Å². The van der Waals surface area contributed by atoms with E-state index in [1.165, 1.54) is 18.2 Å². The topological polar surface area (TPSA) is 67.4 Å². The number of quaternary nitrogens is 1. The molecule has 2 fully saturated rings. The minimum absolute atomic E-state index is 0.0438. The third-order valence-electron chi connectivity index (χ3n) is 7.28. The molecule has 2 aliphatic heterocycles. The molecule has 0 saturated carbocycles. The van der Waals surface area contributed by atoms with Gasteiger partial charge < -0.3 is 15.4 Å². The lowest BCUT2D eigenvalue weighted by Gasteiger charge is -2.48. The number of piperidine rings is 2. The van der Waals surface area contributed by atoms with Crippen LogP contribution in [0.2, 0.25) is 0 Å². The summed E-state index contributed by atoms with van der Waals surface area (Å²) in [5.74, 6) is -0.0931. The molecule has 2 N–H and O–H groups in total. The van der Waals surface area contributed by atoms with E-state index >= 15 is 0 Å². The second-order valence-corrected chi connectivity index (χ2v) is 9.93. The molecular formula is C27H33F3N3O3+. The number of rotatable bonds is 6. The maximum atomic E-state index is 13.8. The van der Waals surface area contributed by atoms with E-state index in [0.717, 1.165) is 51.9 Å². The summed E-state index contributed by atoms with van der Waals surface area (Å²) in [4.78, 5) is 26.5. The van der Waals surface area contributed by atoms with Crippen molar-refractivity contribution in [1.29, 1.82) is 0 Å². The van der Waals surface area contributed by atoms with Gasteiger partial charge in [0.25, 0.3) is 5.91 Å². The summed E-state index contributed by atoms with van der Waals surface area (Å²) < 4.78 is 41.8. The highest BCUT2D eigenvalue weighted by atomic mass is 19.4. The van der Waals surface area contributed by atoms with Crippen molar-refractivity contribution in [2.45, 2.75) is 51.6 Å². The highest BCUT2D eigenvalue weighted by Gasteiger charge is 2.47. The van der Waals surface area contributed by atoms with Crippen molar-refractivity contribution in [2.24, 2.45) is 5.92 Å². The smallest absolute Gasteiger partial charge is 0.406 e. The first-order valence-corrected chi connectivity index (χ1v) is 12.5. The SMILES string of the molecule is CC1CCC[N+](C(=O)c2ccc(C(=O)NCc3cccc(OC(F)(F)F)c3)cc2)(C2CCNCC2)C1. The summed E-state index contributed by atoms with van der Waals surface area (Å²) >= 11 is 0. The zero-order valence-electron chi connectivity index (χ0n) is 20.4. The van der Waals surface area contributed by atoms with E-state index in [2.05, 4.69) is 22.3 Å². The van der Waals surface area contributed by atoms with Crippen molar-refractivity contribution in [3.05, 3.63) is 65.2 Å². The first-order valence-electron chi connectivity index (χ1n) is 12.5. The molecule has 2 aromatic carbocycles. The number of hydrogen-bond acceptors (Lipinski definition) is 4. The molecule has 6 nitrogen and oxygen atoms in total. The van der Waals surface area contributed by atoms with Gasteiger partial charge in [0.1, 0.15) is 5.75 Å². The number of benzene rings is 2. The second-order valence-electron chi connectivity index (χ2n) is 9.93. The normalized spacial score (nSPS) is 23.2. The molecule has 0 aromatic heterocycles. The van der Waals surface area contributed by atoms with E-state index < -0.39 is 6.36 Å². The highest BCUT2D eigenvalue weighted by molar-refractivity contribution is 5.96. The molecule has 0 bridgehead atoms. The minimum atomic E-state index is -4.78. The molecule has 36 heavy (non-hydrogen) atoms. The van der Waals surface area contributed by atoms with Crippen molar-refractivity contribution in [3.8, 4) is 5.75 Å². The number of ether oxygens (including phenoxy) is 1. The molecule has 2 amide bonds. The summed E-state index contributed by atoms with van der Waals surface area (Å²) in [7, 11) is 0. The zero-order chi connectivity index (χ0) is 25.8.